The highest BCUT2D eigenvalue weighted by atomic mass is 16.5. The van der Waals surface area contributed by atoms with Gasteiger partial charge in [-0.15, -0.1) is 10.2 Å². The molecule has 2 rings (SSSR count). The van der Waals surface area contributed by atoms with E-state index in [4.69, 9.17) is 14.2 Å². The zero-order chi connectivity index (χ0) is 14.4. The van der Waals surface area contributed by atoms with Gasteiger partial charge < -0.3 is 14.2 Å². The number of methoxy groups -OCH3 is 1. The minimum absolute atomic E-state index is 0.0849. The maximum atomic E-state index is 11.9. The quantitative estimate of drug-likeness (QED) is 0.592. The summed E-state index contributed by atoms with van der Waals surface area (Å²) in [5.74, 6) is -0.163. The lowest BCUT2D eigenvalue weighted by molar-refractivity contribution is 0.0511. The van der Waals surface area contributed by atoms with Crippen LogP contribution in [0.1, 0.15) is 17.4 Å². The molecule has 20 heavy (non-hydrogen) atoms. The molecule has 0 amide bonds. The van der Waals surface area contributed by atoms with E-state index in [-0.39, 0.29) is 12.3 Å². The average Bonchev–Trinajstić information content (AvgIpc) is 2.47. The molecule has 2 aromatic rings. The van der Waals surface area contributed by atoms with E-state index in [2.05, 4.69) is 10.2 Å². The van der Waals surface area contributed by atoms with Gasteiger partial charge in [0.05, 0.1) is 18.7 Å². The van der Waals surface area contributed by atoms with Gasteiger partial charge in [-0.3, -0.25) is 0 Å². The van der Waals surface area contributed by atoms with Gasteiger partial charge in [0.2, 0.25) is 5.69 Å². The lowest BCUT2D eigenvalue weighted by atomic mass is 10.2. The molecule has 1 aromatic carbocycles. The minimum Gasteiger partial charge on any atom is -0.488 e. The van der Waals surface area contributed by atoms with Crippen molar-refractivity contribution < 1.29 is 19.0 Å². The van der Waals surface area contributed by atoms with Crippen LogP contribution in [0.15, 0.2) is 24.3 Å². The smallest absolute Gasteiger partial charge is 0.362 e. The Balaban J connectivity index is 2.44. The SMILES string of the molecule is CCOC(=O)c1nnc2ccccc2c1OCCOC. The van der Waals surface area contributed by atoms with E-state index in [1.54, 1.807) is 20.1 Å². The van der Waals surface area contributed by atoms with Gasteiger partial charge in [-0.25, -0.2) is 4.79 Å². The zero-order valence-corrected chi connectivity index (χ0v) is 11.5. The van der Waals surface area contributed by atoms with Crippen molar-refractivity contribution in [1.29, 1.82) is 0 Å². The number of esters is 1. The lowest BCUT2D eigenvalue weighted by Crippen LogP contribution is -2.13. The number of fused-ring (bicyclic) bond motifs is 1. The van der Waals surface area contributed by atoms with Crippen LogP contribution >= 0.6 is 0 Å². The molecule has 0 spiro atoms. The van der Waals surface area contributed by atoms with Crippen LogP contribution in [-0.4, -0.2) is 43.1 Å². The van der Waals surface area contributed by atoms with Crippen molar-refractivity contribution in [2.45, 2.75) is 6.92 Å². The molecule has 106 valence electrons. The lowest BCUT2D eigenvalue weighted by Gasteiger charge is -2.11. The summed E-state index contributed by atoms with van der Waals surface area (Å²) in [6, 6.07) is 7.33. The number of carbonyl (C=O) groups is 1. The molecule has 1 aromatic heterocycles. The van der Waals surface area contributed by atoms with Crippen LogP contribution in [0, 0.1) is 0 Å². The van der Waals surface area contributed by atoms with Gasteiger partial charge in [0.15, 0.2) is 5.75 Å². The van der Waals surface area contributed by atoms with Crippen molar-refractivity contribution in [2.24, 2.45) is 0 Å². The van der Waals surface area contributed by atoms with Crippen LogP contribution in [0.4, 0.5) is 0 Å². The molecule has 0 aliphatic rings. The molecule has 0 atom stereocenters. The van der Waals surface area contributed by atoms with Gasteiger partial charge in [0, 0.05) is 12.5 Å². The monoisotopic (exact) mass is 276 g/mol. The molecule has 0 aliphatic carbocycles. The van der Waals surface area contributed by atoms with Gasteiger partial charge in [-0.05, 0) is 19.1 Å². The molecule has 6 heteroatoms. The van der Waals surface area contributed by atoms with Crippen LogP contribution in [0.25, 0.3) is 10.9 Å². The molecule has 0 aliphatic heterocycles. The van der Waals surface area contributed by atoms with Crippen LogP contribution in [0.2, 0.25) is 0 Å². The Labute approximate surface area is 116 Å². The number of hydrogen-bond acceptors (Lipinski definition) is 6. The summed E-state index contributed by atoms with van der Waals surface area (Å²) in [6.07, 6.45) is 0. The molecule has 0 fully saturated rings. The summed E-state index contributed by atoms with van der Waals surface area (Å²) in [7, 11) is 1.58. The topological polar surface area (TPSA) is 70.5 Å². The molecule has 1 heterocycles. The van der Waals surface area contributed by atoms with E-state index in [0.29, 0.717) is 24.5 Å². The highest BCUT2D eigenvalue weighted by molar-refractivity contribution is 5.97. The summed E-state index contributed by atoms with van der Waals surface area (Å²) < 4.78 is 15.5. The van der Waals surface area contributed by atoms with Gasteiger partial charge in [-0.1, -0.05) is 12.1 Å². The van der Waals surface area contributed by atoms with Crippen LogP contribution in [-0.2, 0) is 9.47 Å². The summed E-state index contributed by atoms with van der Waals surface area (Å²) >= 11 is 0. The molecular weight excluding hydrogens is 260 g/mol. The third kappa shape index (κ3) is 3.03. The second kappa shape index (κ2) is 6.81. The van der Waals surface area contributed by atoms with E-state index in [9.17, 15) is 4.79 Å². The fourth-order valence-electron chi connectivity index (χ4n) is 1.74. The Morgan fingerprint density at radius 3 is 2.75 bits per heavy atom. The Morgan fingerprint density at radius 1 is 1.20 bits per heavy atom. The van der Waals surface area contributed by atoms with Crippen molar-refractivity contribution in [3.8, 4) is 5.75 Å². The molecule has 0 saturated heterocycles. The number of carbonyl (C=O) groups excluding carboxylic acids is 1. The second-order valence-electron chi connectivity index (χ2n) is 3.96. The highest BCUT2D eigenvalue weighted by Crippen LogP contribution is 2.27. The van der Waals surface area contributed by atoms with Crippen molar-refractivity contribution >= 4 is 16.9 Å². The van der Waals surface area contributed by atoms with E-state index in [0.717, 1.165) is 5.39 Å². The van der Waals surface area contributed by atoms with Gasteiger partial charge in [0.25, 0.3) is 0 Å². The average molecular weight is 276 g/mol. The third-order valence-electron chi connectivity index (χ3n) is 2.62. The zero-order valence-electron chi connectivity index (χ0n) is 11.5. The molecule has 0 unspecified atom stereocenters. The molecular formula is C14H16N2O4. The summed E-state index contributed by atoms with van der Waals surface area (Å²) in [5.41, 5.74) is 0.745. The van der Waals surface area contributed by atoms with E-state index in [1.807, 2.05) is 18.2 Å². The van der Waals surface area contributed by atoms with E-state index >= 15 is 0 Å². The molecule has 0 N–H and O–H groups in total. The number of aromatic nitrogens is 2. The van der Waals surface area contributed by atoms with Crippen molar-refractivity contribution in [3.63, 3.8) is 0 Å². The number of benzene rings is 1. The van der Waals surface area contributed by atoms with Gasteiger partial charge in [-0.2, -0.15) is 0 Å². The first-order valence-electron chi connectivity index (χ1n) is 6.32. The van der Waals surface area contributed by atoms with E-state index < -0.39 is 5.97 Å². The first-order valence-corrected chi connectivity index (χ1v) is 6.32. The number of nitrogens with zero attached hydrogens (tertiary/aromatic N) is 2. The summed E-state index contributed by atoms with van der Waals surface area (Å²) in [4.78, 5) is 11.9. The fraction of sp³-hybridized carbons (Fsp3) is 0.357. The fourth-order valence-corrected chi connectivity index (χ4v) is 1.74. The Morgan fingerprint density at radius 2 is 2.00 bits per heavy atom. The molecule has 6 nitrogen and oxygen atoms in total. The normalized spacial score (nSPS) is 10.5. The number of hydrogen-bond donors (Lipinski definition) is 0. The predicted octanol–water partition coefficient (Wildman–Crippen LogP) is 1.83. The first kappa shape index (κ1) is 14.2. The van der Waals surface area contributed by atoms with Crippen molar-refractivity contribution in [2.75, 3.05) is 26.9 Å². The van der Waals surface area contributed by atoms with Crippen molar-refractivity contribution in [3.05, 3.63) is 30.0 Å². The molecule has 0 radical (unpaired) electrons. The Hall–Kier alpha value is -2.21. The predicted molar refractivity (Wildman–Crippen MR) is 72.9 cm³/mol. The van der Waals surface area contributed by atoms with Crippen LogP contribution < -0.4 is 4.74 Å². The number of ether oxygens (including phenoxy) is 3. The van der Waals surface area contributed by atoms with E-state index in [1.165, 1.54) is 0 Å². The molecule has 0 saturated carbocycles. The summed E-state index contributed by atoms with van der Waals surface area (Å²) in [6.45, 7) is 2.74. The Kier molecular flexibility index (Phi) is 4.84. The standard InChI is InChI=1S/C14H16N2O4/c1-3-19-14(17)12-13(20-9-8-18-2)10-6-4-5-7-11(10)15-16-12/h4-7H,3,8-9H2,1-2H3. The van der Waals surface area contributed by atoms with Gasteiger partial charge in [0.1, 0.15) is 6.61 Å². The van der Waals surface area contributed by atoms with Gasteiger partial charge >= 0.3 is 5.97 Å². The number of rotatable bonds is 6. The first-order chi connectivity index (χ1) is 9.77. The Bertz CT molecular complexity index is 601. The maximum Gasteiger partial charge on any atom is 0.362 e. The minimum atomic E-state index is -0.543. The summed E-state index contributed by atoms with van der Waals surface area (Å²) in [5, 5.41) is 8.65. The van der Waals surface area contributed by atoms with Crippen LogP contribution in [0.5, 0.6) is 5.75 Å². The highest BCUT2D eigenvalue weighted by Gasteiger charge is 2.19. The van der Waals surface area contributed by atoms with Crippen LogP contribution in [0.3, 0.4) is 0 Å². The third-order valence-corrected chi connectivity index (χ3v) is 2.62. The largest absolute Gasteiger partial charge is 0.488 e. The van der Waals surface area contributed by atoms with Crippen molar-refractivity contribution in [1.82, 2.24) is 10.2 Å². The second-order valence-corrected chi connectivity index (χ2v) is 3.96. The maximum absolute atomic E-state index is 11.9. The molecule has 0 bridgehead atoms.